The summed E-state index contributed by atoms with van der Waals surface area (Å²) in [5.41, 5.74) is 4.48. The number of piperazine rings is 1. The van der Waals surface area contributed by atoms with Crippen LogP contribution in [0.25, 0.3) is 0 Å². The third-order valence-electron chi connectivity index (χ3n) is 5.94. The molecule has 0 saturated carbocycles. The molecule has 4 rings (SSSR count). The highest BCUT2D eigenvalue weighted by molar-refractivity contribution is 6.14. The standard InChI is InChI=1S/C27H28N2O3/c1-18(2)20-7-9-21(10-8-20)26-27(31)28(22-11-5-19(3)6-12-22)17-25(30)29(26)23-13-15-24(32-4)16-14-23/h5-16,18,26H,17H2,1-4H3/t26-/m1/s1. The van der Waals surface area contributed by atoms with Crippen molar-refractivity contribution in [3.63, 3.8) is 0 Å². The molecule has 0 radical (unpaired) electrons. The van der Waals surface area contributed by atoms with Crippen LogP contribution in [0.1, 0.15) is 42.5 Å². The summed E-state index contributed by atoms with van der Waals surface area (Å²) < 4.78 is 5.26. The second-order valence-electron chi connectivity index (χ2n) is 8.45. The molecule has 32 heavy (non-hydrogen) atoms. The van der Waals surface area contributed by atoms with Crippen LogP contribution >= 0.6 is 0 Å². The summed E-state index contributed by atoms with van der Waals surface area (Å²) in [7, 11) is 1.60. The van der Waals surface area contributed by atoms with Gasteiger partial charge < -0.3 is 9.64 Å². The summed E-state index contributed by atoms with van der Waals surface area (Å²) in [5.74, 6) is 0.827. The highest BCUT2D eigenvalue weighted by Crippen LogP contribution is 2.35. The van der Waals surface area contributed by atoms with Crippen molar-refractivity contribution in [1.29, 1.82) is 0 Å². The SMILES string of the molecule is COc1ccc(N2C(=O)CN(c3ccc(C)cc3)C(=O)[C@H]2c2ccc(C(C)C)cc2)cc1. The zero-order valence-electron chi connectivity index (χ0n) is 18.9. The van der Waals surface area contributed by atoms with Crippen LogP contribution in [-0.2, 0) is 9.59 Å². The first-order valence-electron chi connectivity index (χ1n) is 10.8. The molecule has 1 atom stereocenters. The molecular weight excluding hydrogens is 400 g/mol. The molecule has 1 fully saturated rings. The van der Waals surface area contributed by atoms with Crippen LogP contribution in [0, 0.1) is 6.92 Å². The number of ether oxygens (including phenoxy) is 1. The monoisotopic (exact) mass is 428 g/mol. The van der Waals surface area contributed by atoms with Gasteiger partial charge in [-0.25, -0.2) is 0 Å². The number of hydrogen-bond acceptors (Lipinski definition) is 3. The van der Waals surface area contributed by atoms with Gasteiger partial charge in [-0.15, -0.1) is 0 Å². The van der Waals surface area contributed by atoms with Crippen molar-refractivity contribution in [2.75, 3.05) is 23.5 Å². The second kappa shape index (κ2) is 8.87. The summed E-state index contributed by atoms with van der Waals surface area (Å²) in [4.78, 5) is 30.4. The molecule has 0 unspecified atom stereocenters. The minimum Gasteiger partial charge on any atom is -0.497 e. The Morgan fingerprint density at radius 3 is 2.00 bits per heavy atom. The Labute approximate surface area is 189 Å². The van der Waals surface area contributed by atoms with Crippen molar-refractivity contribution in [3.8, 4) is 5.75 Å². The number of methoxy groups -OCH3 is 1. The molecule has 5 nitrogen and oxygen atoms in total. The van der Waals surface area contributed by atoms with Crippen LogP contribution in [0.4, 0.5) is 11.4 Å². The summed E-state index contributed by atoms with van der Waals surface area (Å²) in [6, 6.07) is 22.2. The first-order valence-corrected chi connectivity index (χ1v) is 10.8. The van der Waals surface area contributed by atoms with E-state index in [4.69, 9.17) is 4.74 Å². The third-order valence-corrected chi connectivity index (χ3v) is 5.94. The number of nitrogens with zero attached hydrogens (tertiary/aromatic N) is 2. The fraction of sp³-hybridized carbons (Fsp3) is 0.259. The van der Waals surface area contributed by atoms with Crippen molar-refractivity contribution in [3.05, 3.63) is 89.5 Å². The van der Waals surface area contributed by atoms with E-state index in [1.807, 2.05) is 67.6 Å². The van der Waals surface area contributed by atoms with Gasteiger partial charge in [-0.2, -0.15) is 0 Å². The van der Waals surface area contributed by atoms with Crippen molar-refractivity contribution in [2.45, 2.75) is 32.7 Å². The number of rotatable bonds is 5. The minimum atomic E-state index is -0.743. The molecule has 5 heteroatoms. The van der Waals surface area contributed by atoms with Crippen molar-refractivity contribution >= 4 is 23.2 Å². The molecule has 2 amide bonds. The van der Waals surface area contributed by atoms with Gasteiger partial charge in [0.25, 0.3) is 5.91 Å². The molecule has 3 aromatic rings. The molecule has 1 saturated heterocycles. The van der Waals surface area contributed by atoms with Gasteiger partial charge >= 0.3 is 0 Å². The molecular formula is C27H28N2O3. The second-order valence-corrected chi connectivity index (χ2v) is 8.45. The van der Waals surface area contributed by atoms with E-state index >= 15 is 0 Å². The predicted molar refractivity (Wildman–Crippen MR) is 127 cm³/mol. The molecule has 164 valence electrons. The number of aryl methyl sites for hydroxylation is 1. The van der Waals surface area contributed by atoms with E-state index in [1.165, 1.54) is 5.56 Å². The Balaban J connectivity index is 1.78. The first kappa shape index (κ1) is 21.6. The smallest absolute Gasteiger partial charge is 0.255 e. The number of anilines is 2. The van der Waals surface area contributed by atoms with Crippen molar-refractivity contribution in [2.24, 2.45) is 0 Å². The summed E-state index contributed by atoms with van der Waals surface area (Å²) in [6.45, 7) is 6.26. The molecule has 0 spiro atoms. The first-order chi connectivity index (χ1) is 15.4. The minimum absolute atomic E-state index is 0.00546. The maximum absolute atomic E-state index is 13.8. The average molecular weight is 429 g/mol. The van der Waals surface area contributed by atoms with Gasteiger partial charge in [0, 0.05) is 11.4 Å². The quantitative estimate of drug-likeness (QED) is 0.558. The highest BCUT2D eigenvalue weighted by atomic mass is 16.5. The Morgan fingerprint density at radius 1 is 0.844 bits per heavy atom. The van der Waals surface area contributed by atoms with Gasteiger partial charge in [-0.05, 0) is 60.4 Å². The fourth-order valence-corrected chi connectivity index (χ4v) is 4.03. The lowest BCUT2D eigenvalue weighted by atomic mass is 9.95. The van der Waals surface area contributed by atoms with E-state index in [0.29, 0.717) is 17.4 Å². The van der Waals surface area contributed by atoms with Gasteiger partial charge in [-0.1, -0.05) is 55.8 Å². The highest BCUT2D eigenvalue weighted by Gasteiger charge is 2.41. The molecule has 0 bridgehead atoms. The maximum atomic E-state index is 13.8. The third kappa shape index (κ3) is 4.11. The van der Waals surface area contributed by atoms with E-state index in [1.54, 1.807) is 29.0 Å². The lowest BCUT2D eigenvalue weighted by molar-refractivity contribution is -0.128. The van der Waals surface area contributed by atoms with Crippen LogP contribution in [-0.4, -0.2) is 25.5 Å². The van der Waals surface area contributed by atoms with Gasteiger partial charge in [0.15, 0.2) is 0 Å². The predicted octanol–water partition coefficient (Wildman–Crippen LogP) is 5.25. The van der Waals surface area contributed by atoms with Crippen LogP contribution in [0.2, 0.25) is 0 Å². The normalized spacial score (nSPS) is 16.6. The van der Waals surface area contributed by atoms with Gasteiger partial charge in [0.1, 0.15) is 18.3 Å². The van der Waals surface area contributed by atoms with Crippen molar-refractivity contribution in [1.82, 2.24) is 0 Å². The number of hydrogen-bond donors (Lipinski definition) is 0. The van der Waals surface area contributed by atoms with Crippen LogP contribution in [0.15, 0.2) is 72.8 Å². The van der Waals surface area contributed by atoms with E-state index in [-0.39, 0.29) is 18.4 Å². The van der Waals surface area contributed by atoms with Crippen LogP contribution in [0.5, 0.6) is 5.75 Å². The Kier molecular flexibility index (Phi) is 5.99. The molecule has 1 aliphatic heterocycles. The number of carbonyl (C=O) groups excluding carboxylic acids is 2. The van der Waals surface area contributed by atoms with E-state index in [0.717, 1.165) is 16.8 Å². The van der Waals surface area contributed by atoms with Crippen LogP contribution < -0.4 is 14.5 Å². The Hall–Kier alpha value is -3.60. The van der Waals surface area contributed by atoms with E-state index in [9.17, 15) is 9.59 Å². The summed E-state index contributed by atoms with van der Waals surface area (Å²) >= 11 is 0. The van der Waals surface area contributed by atoms with E-state index < -0.39 is 6.04 Å². The maximum Gasteiger partial charge on any atom is 0.255 e. The molecule has 0 aromatic heterocycles. The fourth-order valence-electron chi connectivity index (χ4n) is 4.03. The lowest BCUT2D eigenvalue weighted by Crippen LogP contribution is -2.56. The molecule has 1 aliphatic rings. The summed E-state index contributed by atoms with van der Waals surface area (Å²) in [6.07, 6.45) is 0. The lowest BCUT2D eigenvalue weighted by Gasteiger charge is -2.40. The molecule has 0 N–H and O–H groups in total. The van der Waals surface area contributed by atoms with Crippen molar-refractivity contribution < 1.29 is 14.3 Å². The summed E-state index contributed by atoms with van der Waals surface area (Å²) in [5, 5.41) is 0. The molecule has 1 heterocycles. The number of carbonyl (C=O) groups is 2. The molecule has 3 aromatic carbocycles. The zero-order valence-corrected chi connectivity index (χ0v) is 18.9. The Morgan fingerprint density at radius 2 is 1.44 bits per heavy atom. The van der Waals surface area contributed by atoms with E-state index in [2.05, 4.69) is 13.8 Å². The average Bonchev–Trinajstić information content (AvgIpc) is 2.81. The van der Waals surface area contributed by atoms with Gasteiger partial charge in [0.2, 0.25) is 5.91 Å². The topological polar surface area (TPSA) is 49.9 Å². The molecule has 0 aliphatic carbocycles. The van der Waals surface area contributed by atoms with Gasteiger partial charge in [0.05, 0.1) is 7.11 Å². The number of amides is 2. The number of benzene rings is 3. The van der Waals surface area contributed by atoms with Crippen LogP contribution in [0.3, 0.4) is 0 Å². The van der Waals surface area contributed by atoms with Gasteiger partial charge in [-0.3, -0.25) is 14.5 Å². The zero-order chi connectivity index (χ0) is 22.8. The largest absolute Gasteiger partial charge is 0.497 e. The Bertz CT molecular complexity index is 1100.